The fraction of sp³-hybridized carbons (Fsp3) is 0.357. The monoisotopic (exact) mass is 567 g/mol. The summed E-state index contributed by atoms with van der Waals surface area (Å²) in [5.74, 6) is -0.554. The van der Waals surface area contributed by atoms with E-state index in [9.17, 15) is 9.59 Å². The lowest BCUT2D eigenvalue weighted by atomic mass is 9.97. The van der Waals surface area contributed by atoms with Gasteiger partial charge >= 0.3 is 12.0 Å². The molecule has 2 N–H and O–H groups in total. The Balaban J connectivity index is 1.42. The summed E-state index contributed by atoms with van der Waals surface area (Å²) in [4.78, 5) is 37.3. The number of piperidine rings is 1. The van der Waals surface area contributed by atoms with Crippen LogP contribution in [-0.4, -0.2) is 53.1 Å². The standard InChI is InChI=1S/C28H30FN5O3S2/c1-3-30-27(36)33-28-32-24-23(29)20(15-19(25(24)39-28)21-7-5-6-12-31-21)22-9-8-18(38-22)16-34-13-10-17(11-14-34)26(35)37-4-2/h5-9,12,15,17H,3-4,10-11,13-14,16H2,1-2H3,(H2,30,32,33,36). The van der Waals surface area contributed by atoms with Crippen LogP contribution in [0.3, 0.4) is 0 Å². The summed E-state index contributed by atoms with van der Waals surface area (Å²) in [7, 11) is 0. The van der Waals surface area contributed by atoms with Crippen LogP contribution >= 0.6 is 22.7 Å². The average Bonchev–Trinajstić information content (AvgIpc) is 3.57. The van der Waals surface area contributed by atoms with Gasteiger partial charge in [-0.25, -0.2) is 14.2 Å². The number of halogens is 1. The van der Waals surface area contributed by atoms with E-state index in [0.29, 0.717) is 34.2 Å². The first kappa shape index (κ1) is 27.2. The van der Waals surface area contributed by atoms with Crippen molar-refractivity contribution >= 4 is 50.0 Å². The van der Waals surface area contributed by atoms with Gasteiger partial charge in [0.2, 0.25) is 0 Å². The number of nitrogens with zero attached hydrogens (tertiary/aromatic N) is 3. The Morgan fingerprint density at radius 1 is 1.13 bits per heavy atom. The van der Waals surface area contributed by atoms with Crippen LogP contribution in [0.2, 0.25) is 0 Å². The van der Waals surface area contributed by atoms with Crippen molar-refractivity contribution in [2.45, 2.75) is 33.2 Å². The molecular weight excluding hydrogens is 537 g/mol. The summed E-state index contributed by atoms with van der Waals surface area (Å²) in [5, 5.41) is 5.70. The normalized spacial score (nSPS) is 14.4. The maximum absolute atomic E-state index is 15.9. The van der Waals surface area contributed by atoms with Gasteiger partial charge < -0.3 is 10.1 Å². The van der Waals surface area contributed by atoms with E-state index in [4.69, 9.17) is 4.74 Å². The number of thiophene rings is 1. The Hall–Kier alpha value is -3.41. The van der Waals surface area contributed by atoms with Crippen molar-refractivity contribution in [3.05, 3.63) is 53.3 Å². The molecule has 8 nitrogen and oxygen atoms in total. The van der Waals surface area contributed by atoms with Gasteiger partial charge in [0.05, 0.1) is 22.9 Å². The number of likely N-dealkylation sites (tertiary alicyclic amines) is 1. The van der Waals surface area contributed by atoms with Gasteiger partial charge in [0, 0.05) is 40.2 Å². The smallest absolute Gasteiger partial charge is 0.321 e. The highest BCUT2D eigenvalue weighted by Crippen LogP contribution is 2.42. The first-order valence-corrected chi connectivity index (χ1v) is 14.7. The summed E-state index contributed by atoms with van der Waals surface area (Å²) >= 11 is 2.77. The molecule has 11 heteroatoms. The quantitative estimate of drug-likeness (QED) is 0.248. The van der Waals surface area contributed by atoms with Gasteiger partial charge in [-0.3, -0.25) is 20.0 Å². The highest BCUT2D eigenvalue weighted by atomic mass is 32.1. The maximum atomic E-state index is 15.9. The van der Waals surface area contributed by atoms with Crippen LogP contribution in [0.1, 0.15) is 31.6 Å². The van der Waals surface area contributed by atoms with Crippen LogP contribution in [0.15, 0.2) is 42.6 Å². The van der Waals surface area contributed by atoms with E-state index in [1.54, 1.807) is 17.5 Å². The number of hydrogen-bond acceptors (Lipinski definition) is 8. The first-order valence-electron chi connectivity index (χ1n) is 13.0. The van der Waals surface area contributed by atoms with Crippen molar-refractivity contribution in [3.63, 3.8) is 0 Å². The molecule has 1 aliphatic rings. The van der Waals surface area contributed by atoms with Crippen molar-refractivity contribution in [3.8, 4) is 21.7 Å². The van der Waals surface area contributed by atoms with Crippen molar-refractivity contribution in [2.24, 2.45) is 5.92 Å². The van der Waals surface area contributed by atoms with Gasteiger partial charge in [0.25, 0.3) is 0 Å². The molecule has 1 aromatic carbocycles. The number of amides is 2. The number of hydrogen-bond donors (Lipinski definition) is 2. The van der Waals surface area contributed by atoms with E-state index in [1.165, 1.54) is 11.3 Å². The lowest BCUT2D eigenvalue weighted by Gasteiger charge is -2.30. The van der Waals surface area contributed by atoms with Crippen LogP contribution in [0.25, 0.3) is 31.9 Å². The van der Waals surface area contributed by atoms with E-state index in [1.807, 2.05) is 50.2 Å². The number of urea groups is 1. The number of thiazole rings is 1. The number of aromatic nitrogens is 2. The Kier molecular flexibility index (Phi) is 8.49. The molecule has 1 aliphatic heterocycles. The zero-order valence-corrected chi connectivity index (χ0v) is 23.5. The maximum Gasteiger partial charge on any atom is 0.321 e. The number of nitrogens with one attached hydrogen (secondary N) is 2. The molecule has 0 radical (unpaired) electrons. The molecule has 0 aliphatic carbocycles. The predicted octanol–water partition coefficient (Wildman–Crippen LogP) is 6.14. The molecule has 0 unspecified atom stereocenters. The summed E-state index contributed by atoms with van der Waals surface area (Å²) < 4.78 is 21.8. The van der Waals surface area contributed by atoms with E-state index in [0.717, 1.165) is 47.8 Å². The fourth-order valence-corrected chi connectivity index (χ4v) is 6.75. The number of anilines is 1. The topological polar surface area (TPSA) is 96.5 Å². The first-order chi connectivity index (χ1) is 19.0. The van der Waals surface area contributed by atoms with Gasteiger partial charge in [-0.05, 0) is 70.1 Å². The number of pyridine rings is 1. The fourth-order valence-electron chi connectivity index (χ4n) is 4.71. The summed E-state index contributed by atoms with van der Waals surface area (Å²) in [6, 6.07) is 11.0. The summed E-state index contributed by atoms with van der Waals surface area (Å²) in [6.45, 7) is 6.92. The van der Waals surface area contributed by atoms with Crippen LogP contribution in [0, 0.1) is 11.7 Å². The third kappa shape index (κ3) is 6.10. The zero-order valence-electron chi connectivity index (χ0n) is 21.8. The SMILES string of the molecule is CCNC(=O)Nc1nc2c(F)c(-c3ccc(CN4CCC(C(=O)OCC)CC4)s3)cc(-c3ccccn3)c2s1. The lowest BCUT2D eigenvalue weighted by Crippen LogP contribution is -2.36. The van der Waals surface area contributed by atoms with Crippen LogP contribution in [0.4, 0.5) is 14.3 Å². The molecule has 0 spiro atoms. The van der Waals surface area contributed by atoms with E-state index >= 15 is 4.39 Å². The number of carbonyl (C=O) groups is 2. The number of ether oxygens (including phenoxy) is 1. The largest absolute Gasteiger partial charge is 0.466 e. The molecule has 4 heterocycles. The Morgan fingerprint density at radius 2 is 1.95 bits per heavy atom. The number of esters is 1. The van der Waals surface area contributed by atoms with Gasteiger partial charge in [-0.1, -0.05) is 17.4 Å². The molecule has 0 atom stereocenters. The van der Waals surface area contributed by atoms with Crippen molar-refractivity contribution in [2.75, 3.05) is 31.6 Å². The Bertz CT molecular complexity index is 1460. The molecule has 39 heavy (non-hydrogen) atoms. The molecule has 204 valence electrons. The summed E-state index contributed by atoms with van der Waals surface area (Å²) in [5.41, 5.74) is 2.13. The average molecular weight is 568 g/mol. The minimum atomic E-state index is -0.423. The molecule has 0 saturated carbocycles. The number of carbonyl (C=O) groups excluding carboxylic acids is 2. The van der Waals surface area contributed by atoms with Crippen molar-refractivity contribution < 1.29 is 18.7 Å². The zero-order chi connectivity index (χ0) is 27.4. The number of benzene rings is 1. The summed E-state index contributed by atoms with van der Waals surface area (Å²) in [6.07, 6.45) is 3.27. The van der Waals surface area contributed by atoms with Gasteiger partial charge in [0.15, 0.2) is 10.9 Å². The molecule has 5 rings (SSSR count). The van der Waals surface area contributed by atoms with Crippen LogP contribution < -0.4 is 10.6 Å². The Morgan fingerprint density at radius 3 is 2.67 bits per heavy atom. The molecule has 0 bridgehead atoms. The minimum Gasteiger partial charge on any atom is -0.466 e. The van der Waals surface area contributed by atoms with Crippen LogP contribution in [-0.2, 0) is 16.1 Å². The molecular formula is C28H30FN5O3S2. The third-order valence-electron chi connectivity index (χ3n) is 6.62. The van der Waals surface area contributed by atoms with Gasteiger partial charge in [0.1, 0.15) is 5.52 Å². The van der Waals surface area contributed by atoms with E-state index in [2.05, 4.69) is 25.5 Å². The highest BCUT2D eigenvalue weighted by Gasteiger charge is 2.26. The predicted molar refractivity (Wildman–Crippen MR) is 153 cm³/mol. The highest BCUT2D eigenvalue weighted by molar-refractivity contribution is 7.23. The van der Waals surface area contributed by atoms with E-state index in [-0.39, 0.29) is 23.4 Å². The van der Waals surface area contributed by atoms with Crippen molar-refractivity contribution in [1.82, 2.24) is 20.2 Å². The van der Waals surface area contributed by atoms with Gasteiger partial charge in [-0.15, -0.1) is 11.3 Å². The van der Waals surface area contributed by atoms with Crippen molar-refractivity contribution in [1.29, 1.82) is 0 Å². The second-order valence-corrected chi connectivity index (χ2v) is 11.4. The number of rotatable bonds is 8. The number of fused-ring (bicyclic) bond motifs is 1. The van der Waals surface area contributed by atoms with Crippen LogP contribution in [0.5, 0.6) is 0 Å². The molecule has 3 aromatic heterocycles. The minimum absolute atomic E-state index is 0.0310. The molecule has 1 saturated heterocycles. The molecule has 1 fully saturated rings. The third-order valence-corrected chi connectivity index (χ3v) is 8.72. The lowest BCUT2D eigenvalue weighted by molar-refractivity contribution is -0.149. The Labute approximate surface area is 234 Å². The second-order valence-electron chi connectivity index (χ2n) is 9.25. The van der Waals surface area contributed by atoms with E-state index < -0.39 is 5.82 Å². The second kappa shape index (κ2) is 12.2. The van der Waals surface area contributed by atoms with Gasteiger partial charge in [-0.2, -0.15) is 0 Å². The molecule has 2 amide bonds. The molecule has 4 aromatic rings.